The molecule has 3 N–H and O–H groups in total. The van der Waals surface area contributed by atoms with E-state index >= 15 is 0 Å². The number of halogens is 1. The lowest BCUT2D eigenvalue weighted by Crippen LogP contribution is -2.27. The van der Waals surface area contributed by atoms with Gasteiger partial charge in [0.25, 0.3) is 5.91 Å². The molecule has 0 aromatic carbocycles. The summed E-state index contributed by atoms with van der Waals surface area (Å²) in [5, 5.41) is -0.234. The number of carbonyl (C=O) groups is 1. The third kappa shape index (κ3) is 4.84. The van der Waals surface area contributed by atoms with E-state index < -0.39 is 26.6 Å². The van der Waals surface area contributed by atoms with Crippen LogP contribution in [0.25, 0.3) is 11.3 Å². The van der Waals surface area contributed by atoms with Gasteiger partial charge >= 0.3 is 0 Å². The van der Waals surface area contributed by atoms with Crippen molar-refractivity contribution < 1.29 is 17.9 Å². The summed E-state index contributed by atoms with van der Waals surface area (Å²) in [4.78, 5) is 29.6. The van der Waals surface area contributed by atoms with E-state index in [0.717, 1.165) is 11.3 Å². The molecule has 3 aromatic rings. The molecule has 3 aromatic heterocycles. The molecule has 0 bridgehead atoms. The summed E-state index contributed by atoms with van der Waals surface area (Å²) in [5.74, 6) is -0.361. The van der Waals surface area contributed by atoms with Crippen LogP contribution in [0.15, 0.2) is 24.7 Å². The minimum Gasteiger partial charge on any atom is -0.477 e. The molecule has 1 aliphatic rings. The van der Waals surface area contributed by atoms with Crippen LogP contribution in [0.1, 0.15) is 55.4 Å². The molecule has 1 saturated carbocycles. The molecular weight excluding hydrogens is 500 g/mol. The van der Waals surface area contributed by atoms with Crippen molar-refractivity contribution in [3.63, 3.8) is 0 Å². The molecule has 180 valence electrons. The van der Waals surface area contributed by atoms with Crippen LogP contribution in [0.3, 0.4) is 0 Å². The molecule has 0 spiro atoms. The predicted octanol–water partition coefficient (Wildman–Crippen LogP) is 3.38. The smallest absolute Gasteiger partial charge is 0.267 e. The highest BCUT2D eigenvalue weighted by Gasteiger charge is 2.38. The molecule has 1 fully saturated rings. The summed E-state index contributed by atoms with van der Waals surface area (Å²) in [6.07, 6.45) is 5.79. The van der Waals surface area contributed by atoms with Gasteiger partial charge in [-0.1, -0.05) is 22.9 Å². The van der Waals surface area contributed by atoms with Crippen LogP contribution < -0.4 is 15.2 Å². The number of hydrogen-bond acceptors (Lipinski definition) is 9. The summed E-state index contributed by atoms with van der Waals surface area (Å²) in [6, 6.07) is 1.73. The van der Waals surface area contributed by atoms with Gasteiger partial charge in [-0.3, -0.25) is 19.5 Å². The van der Waals surface area contributed by atoms with E-state index in [2.05, 4.69) is 24.7 Å². The zero-order valence-electron chi connectivity index (χ0n) is 18.7. The van der Waals surface area contributed by atoms with E-state index in [-0.39, 0.29) is 15.2 Å². The maximum Gasteiger partial charge on any atom is 0.267 e. The number of carbonyl (C=O) groups excluding carboxylic acids is 1. The summed E-state index contributed by atoms with van der Waals surface area (Å²) in [7, 11) is -3.50. The first-order valence-corrected chi connectivity index (χ1v) is 13.2. The highest BCUT2D eigenvalue weighted by molar-refractivity contribution is 7.93. The van der Waals surface area contributed by atoms with E-state index in [0.29, 0.717) is 47.8 Å². The fourth-order valence-electron chi connectivity index (χ4n) is 3.42. The van der Waals surface area contributed by atoms with Gasteiger partial charge in [0.15, 0.2) is 5.13 Å². The Bertz CT molecular complexity index is 1360. The van der Waals surface area contributed by atoms with Gasteiger partial charge in [-0.15, -0.1) is 0 Å². The van der Waals surface area contributed by atoms with E-state index in [9.17, 15) is 13.2 Å². The number of pyridine rings is 1. The molecule has 1 aliphatic carbocycles. The second kappa shape index (κ2) is 9.08. The molecular formula is C21H23ClN6O4S2. The lowest BCUT2D eigenvalue weighted by Gasteiger charge is -2.26. The Labute approximate surface area is 206 Å². The quantitative estimate of drug-likeness (QED) is 0.434. The predicted molar refractivity (Wildman–Crippen MR) is 130 cm³/mol. The minimum absolute atomic E-state index is 0.0480. The summed E-state index contributed by atoms with van der Waals surface area (Å²) < 4.78 is 32.9. The fourth-order valence-corrected chi connectivity index (χ4v) is 6.35. The van der Waals surface area contributed by atoms with E-state index in [1.54, 1.807) is 12.3 Å². The van der Waals surface area contributed by atoms with E-state index in [1.165, 1.54) is 12.4 Å². The van der Waals surface area contributed by atoms with E-state index in [4.69, 9.17) is 22.1 Å². The molecule has 13 heteroatoms. The molecule has 0 atom stereocenters. The second-order valence-electron chi connectivity index (χ2n) is 8.27. The summed E-state index contributed by atoms with van der Waals surface area (Å²) in [6.45, 7) is 5.89. The number of hydrogen-bond donors (Lipinski definition) is 2. The third-order valence-corrected chi connectivity index (χ3v) is 8.49. The third-order valence-electron chi connectivity index (χ3n) is 5.37. The Morgan fingerprint density at radius 1 is 1.29 bits per heavy atom. The highest BCUT2D eigenvalue weighted by Crippen LogP contribution is 2.42. The van der Waals surface area contributed by atoms with E-state index in [1.807, 2.05) is 20.8 Å². The number of amides is 1. The Hall–Kier alpha value is -2.83. The number of rotatable bonds is 9. The maximum atomic E-state index is 12.3. The zero-order valence-corrected chi connectivity index (χ0v) is 21.1. The van der Waals surface area contributed by atoms with Crippen molar-refractivity contribution in [1.29, 1.82) is 0 Å². The number of nitrogens with two attached hydrogens (primary N) is 1. The van der Waals surface area contributed by atoms with Crippen LogP contribution in [0, 0.1) is 0 Å². The number of aromatic nitrogens is 4. The molecule has 34 heavy (non-hydrogen) atoms. The zero-order chi connectivity index (χ0) is 24.7. The molecule has 1 amide bonds. The van der Waals surface area contributed by atoms with Crippen molar-refractivity contribution in [2.75, 3.05) is 11.3 Å². The van der Waals surface area contributed by atoms with Gasteiger partial charge in [-0.2, -0.15) is 0 Å². The average molecular weight is 523 g/mol. The van der Waals surface area contributed by atoms with Crippen molar-refractivity contribution in [1.82, 2.24) is 19.9 Å². The lowest BCUT2D eigenvalue weighted by molar-refractivity contribution is 0.0993. The Morgan fingerprint density at radius 3 is 2.68 bits per heavy atom. The Balaban J connectivity index is 1.77. The maximum absolute atomic E-state index is 12.3. The van der Waals surface area contributed by atoms with Crippen LogP contribution in [0.2, 0.25) is 4.34 Å². The normalized spacial score (nSPS) is 14.1. The van der Waals surface area contributed by atoms with Gasteiger partial charge in [0.05, 0.1) is 35.6 Å². The first-order chi connectivity index (χ1) is 16.0. The van der Waals surface area contributed by atoms with Crippen molar-refractivity contribution in [2.45, 2.75) is 44.3 Å². The largest absolute Gasteiger partial charge is 0.477 e. The molecule has 0 saturated heterocycles. The van der Waals surface area contributed by atoms with Crippen molar-refractivity contribution in [3.8, 4) is 17.1 Å². The van der Waals surface area contributed by atoms with Gasteiger partial charge in [0.2, 0.25) is 15.9 Å². The lowest BCUT2D eigenvalue weighted by atomic mass is 9.80. The van der Waals surface area contributed by atoms with Gasteiger partial charge in [0.1, 0.15) is 10.0 Å². The number of ether oxygens (including phenoxy) is 1. The van der Waals surface area contributed by atoms with Crippen LogP contribution >= 0.6 is 22.9 Å². The van der Waals surface area contributed by atoms with Crippen LogP contribution in [-0.2, 0) is 15.4 Å². The number of thiazole rings is 1. The monoisotopic (exact) mass is 522 g/mol. The Morgan fingerprint density at radius 2 is 2.03 bits per heavy atom. The van der Waals surface area contributed by atoms with Gasteiger partial charge in [-0.25, -0.2) is 18.4 Å². The number of sulfonamides is 1. The SMILES string of the molecule is CCOc1cncc(-c2cnc(C(N)=O)c(C(C)(C)c3nc(NS(=O)(=O)C4CC4)sc3Cl)c2)n1. The Kier molecular flexibility index (Phi) is 6.49. The standard InChI is InChI=1S/C21H23ClN6O4S2/c1-4-32-15-10-24-9-14(26-15)11-7-13(16(19(23)29)25-8-11)21(2,3)17-18(22)33-20(27-17)28-34(30,31)12-5-6-12/h7-10,12H,4-6H2,1-3H3,(H2,23,29)(H,27,28). The molecule has 0 unspecified atom stereocenters. The fraction of sp³-hybridized carbons (Fsp3) is 0.381. The van der Waals surface area contributed by atoms with Crippen LogP contribution in [0.5, 0.6) is 5.88 Å². The van der Waals surface area contributed by atoms with Crippen LogP contribution in [-0.4, -0.2) is 46.1 Å². The minimum atomic E-state index is -3.50. The number of nitrogens with one attached hydrogen (secondary N) is 1. The average Bonchev–Trinajstić information content (AvgIpc) is 3.58. The molecule has 0 radical (unpaired) electrons. The molecule has 4 rings (SSSR count). The van der Waals surface area contributed by atoms with Gasteiger partial charge in [0, 0.05) is 17.2 Å². The summed E-state index contributed by atoms with van der Waals surface area (Å²) >= 11 is 7.51. The number of primary amides is 1. The van der Waals surface area contributed by atoms with Crippen molar-refractivity contribution >= 4 is 44.0 Å². The topological polar surface area (TPSA) is 150 Å². The highest BCUT2D eigenvalue weighted by atomic mass is 35.5. The molecule has 3 heterocycles. The number of anilines is 1. The first kappa shape index (κ1) is 24.3. The van der Waals surface area contributed by atoms with Gasteiger partial charge in [-0.05, 0) is 45.2 Å². The number of nitrogens with zero attached hydrogens (tertiary/aromatic N) is 4. The van der Waals surface area contributed by atoms with Crippen molar-refractivity contribution in [2.24, 2.45) is 5.73 Å². The second-order valence-corrected chi connectivity index (χ2v) is 11.8. The van der Waals surface area contributed by atoms with Gasteiger partial charge < -0.3 is 10.5 Å². The van der Waals surface area contributed by atoms with Crippen molar-refractivity contribution in [3.05, 3.63) is 45.9 Å². The molecule has 10 nitrogen and oxygen atoms in total. The first-order valence-electron chi connectivity index (χ1n) is 10.5. The van der Waals surface area contributed by atoms with Crippen LogP contribution in [0.4, 0.5) is 5.13 Å². The molecule has 0 aliphatic heterocycles. The summed E-state index contributed by atoms with van der Waals surface area (Å²) in [5.41, 5.74) is 6.65.